The van der Waals surface area contributed by atoms with Crippen LogP contribution in [0.3, 0.4) is 0 Å². The molecule has 1 aromatic carbocycles. The summed E-state index contributed by atoms with van der Waals surface area (Å²) >= 11 is 9.24. The first kappa shape index (κ1) is 14.8. The van der Waals surface area contributed by atoms with Crippen LogP contribution in [0, 0.1) is 5.92 Å². The number of nitrogens with one attached hydrogen (secondary N) is 1. The maximum Gasteiger partial charge on any atom is 0.252 e. The predicted molar refractivity (Wildman–Crippen MR) is 81.7 cm³/mol. The Morgan fingerprint density at radius 1 is 1.58 bits per heavy atom. The van der Waals surface area contributed by atoms with Gasteiger partial charge in [0, 0.05) is 22.6 Å². The van der Waals surface area contributed by atoms with Crippen LogP contribution in [0.1, 0.15) is 23.2 Å². The highest BCUT2D eigenvalue weighted by Crippen LogP contribution is 2.21. The predicted octanol–water partition coefficient (Wildman–Crippen LogP) is 3.17. The van der Waals surface area contributed by atoms with Gasteiger partial charge in [-0.25, -0.2) is 0 Å². The summed E-state index contributed by atoms with van der Waals surface area (Å²) in [5.74, 6) is 0.505. The number of benzene rings is 1. The lowest BCUT2D eigenvalue weighted by atomic mass is 9.98. The van der Waals surface area contributed by atoms with E-state index in [4.69, 9.17) is 11.6 Å². The minimum atomic E-state index is -0.0447. The van der Waals surface area contributed by atoms with Gasteiger partial charge in [-0.1, -0.05) is 11.6 Å². The van der Waals surface area contributed by atoms with Crippen molar-refractivity contribution in [3.63, 3.8) is 0 Å². The summed E-state index contributed by atoms with van der Waals surface area (Å²) in [4.78, 5) is 14.4. The average Bonchev–Trinajstić information content (AvgIpc) is 2.36. The van der Waals surface area contributed by atoms with Crippen molar-refractivity contribution < 1.29 is 4.79 Å². The van der Waals surface area contributed by atoms with Crippen LogP contribution in [0.15, 0.2) is 22.7 Å². The van der Waals surface area contributed by atoms with E-state index in [-0.39, 0.29) is 5.91 Å². The van der Waals surface area contributed by atoms with Crippen LogP contribution in [0.25, 0.3) is 0 Å². The van der Waals surface area contributed by atoms with Crippen LogP contribution < -0.4 is 5.32 Å². The molecule has 0 saturated carbocycles. The van der Waals surface area contributed by atoms with E-state index in [1.54, 1.807) is 18.2 Å². The summed E-state index contributed by atoms with van der Waals surface area (Å²) in [5.41, 5.74) is 0.633. The second-order valence-corrected chi connectivity index (χ2v) is 6.40. The van der Waals surface area contributed by atoms with E-state index in [9.17, 15) is 4.79 Å². The van der Waals surface area contributed by atoms with Gasteiger partial charge in [0.2, 0.25) is 0 Å². The highest BCUT2D eigenvalue weighted by atomic mass is 79.9. The Balaban J connectivity index is 1.90. The molecule has 0 aliphatic carbocycles. The molecule has 1 fully saturated rings. The molecule has 0 spiro atoms. The summed E-state index contributed by atoms with van der Waals surface area (Å²) in [5, 5.41) is 3.63. The molecular weight excluding hydrogens is 328 g/mol. The Bertz CT molecular complexity index is 467. The van der Waals surface area contributed by atoms with Gasteiger partial charge >= 0.3 is 0 Å². The second-order valence-electron chi connectivity index (χ2n) is 5.10. The number of rotatable bonds is 3. The van der Waals surface area contributed by atoms with Gasteiger partial charge in [0.15, 0.2) is 0 Å². The lowest BCUT2D eigenvalue weighted by Crippen LogP contribution is -2.39. The number of piperidine rings is 1. The Hall–Kier alpha value is -0.580. The second kappa shape index (κ2) is 6.73. The molecule has 1 unspecified atom stereocenters. The molecule has 1 aromatic rings. The van der Waals surface area contributed by atoms with E-state index in [1.807, 2.05) is 0 Å². The van der Waals surface area contributed by atoms with Gasteiger partial charge in [-0.3, -0.25) is 4.79 Å². The molecule has 0 aromatic heterocycles. The number of halogens is 2. The summed E-state index contributed by atoms with van der Waals surface area (Å²) in [6.45, 7) is 2.95. The molecule has 0 bridgehead atoms. The number of carbonyl (C=O) groups is 1. The number of carbonyl (C=O) groups excluding carboxylic acids is 1. The molecule has 104 valence electrons. The van der Waals surface area contributed by atoms with E-state index in [0.29, 0.717) is 16.5 Å². The SMILES string of the molecule is CN1CCCC(CNC(=O)c2ccc(Cl)cc2Br)C1. The molecule has 1 heterocycles. The Morgan fingerprint density at radius 2 is 2.37 bits per heavy atom. The number of hydrogen-bond acceptors (Lipinski definition) is 2. The minimum Gasteiger partial charge on any atom is -0.352 e. The van der Waals surface area contributed by atoms with Crippen molar-refractivity contribution in [2.24, 2.45) is 5.92 Å². The molecule has 1 saturated heterocycles. The maximum atomic E-state index is 12.1. The zero-order valence-electron chi connectivity index (χ0n) is 11.0. The van der Waals surface area contributed by atoms with E-state index >= 15 is 0 Å². The van der Waals surface area contributed by atoms with Gasteiger partial charge in [0.1, 0.15) is 0 Å². The average molecular weight is 346 g/mol. The number of nitrogens with zero attached hydrogens (tertiary/aromatic N) is 1. The van der Waals surface area contributed by atoms with Crippen molar-refractivity contribution >= 4 is 33.4 Å². The van der Waals surface area contributed by atoms with E-state index in [2.05, 4.69) is 33.2 Å². The third-order valence-electron chi connectivity index (χ3n) is 3.45. The zero-order chi connectivity index (χ0) is 13.8. The smallest absolute Gasteiger partial charge is 0.252 e. The van der Waals surface area contributed by atoms with Gasteiger partial charge < -0.3 is 10.2 Å². The van der Waals surface area contributed by atoms with Crippen molar-refractivity contribution in [1.82, 2.24) is 10.2 Å². The molecular formula is C14H18BrClN2O. The molecule has 0 radical (unpaired) electrons. The molecule has 1 aliphatic heterocycles. The quantitative estimate of drug-likeness (QED) is 0.912. The molecule has 5 heteroatoms. The molecule has 2 rings (SSSR count). The molecule has 1 atom stereocenters. The maximum absolute atomic E-state index is 12.1. The van der Waals surface area contributed by atoms with E-state index in [0.717, 1.165) is 24.1 Å². The van der Waals surface area contributed by atoms with Gasteiger partial charge in [0.25, 0.3) is 5.91 Å². The fourth-order valence-corrected chi connectivity index (χ4v) is 3.31. The fourth-order valence-electron chi connectivity index (χ4n) is 2.45. The Kier molecular flexibility index (Phi) is 5.25. The first-order chi connectivity index (χ1) is 9.06. The Morgan fingerprint density at radius 3 is 3.05 bits per heavy atom. The van der Waals surface area contributed by atoms with Crippen LogP contribution in [-0.4, -0.2) is 37.5 Å². The molecule has 1 aliphatic rings. The van der Waals surface area contributed by atoms with Crippen molar-refractivity contribution in [2.75, 3.05) is 26.7 Å². The molecule has 1 N–H and O–H groups in total. The standard InChI is InChI=1S/C14H18BrClN2O/c1-18-6-2-3-10(9-18)8-17-14(19)12-5-4-11(16)7-13(12)15/h4-5,7,10H,2-3,6,8-9H2,1H3,(H,17,19). The van der Waals surface area contributed by atoms with Gasteiger partial charge in [-0.2, -0.15) is 0 Å². The van der Waals surface area contributed by atoms with Crippen LogP contribution >= 0.6 is 27.5 Å². The van der Waals surface area contributed by atoms with Crippen LogP contribution in [0.2, 0.25) is 5.02 Å². The van der Waals surface area contributed by atoms with Crippen molar-refractivity contribution in [3.05, 3.63) is 33.3 Å². The molecule has 19 heavy (non-hydrogen) atoms. The topological polar surface area (TPSA) is 32.3 Å². The molecule has 1 amide bonds. The van der Waals surface area contributed by atoms with Gasteiger partial charge in [0.05, 0.1) is 5.56 Å². The summed E-state index contributed by atoms with van der Waals surface area (Å²) in [7, 11) is 2.13. The first-order valence-corrected chi connectivity index (χ1v) is 7.65. The van der Waals surface area contributed by atoms with E-state index in [1.165, 1.54) is 12.8 Å². The van der Waals surface area contributed by atoms with Crippen molar-refractivity contribution in [2.45, 2.75) is 12.8 Å². The van der Waals surface area contributed by atoms with Gasteiger partial charge in [-0.05, 0) is 66.5 Å². The summed E-state index contributed by atoms with van der Waals surface area (Å²) in [6.07, 6.45) is 2.40. The number of amides is 1. The zero-order valence-corrected chi connectivity index (χ0v) is 13.3. The largest absolute Gasteiger partial charge is 0.352 e. The lowest BCUT2D eigenvalue weighted by Gasteiger charge is -2.29. The van der Waals surface area contributed by atoms with Crippen molar-refractivity contribution in [3.8, 4) is 0 Å². The Labute approximate surface area is 127 Å². The lowest BCUT2D eigenvalue weighted by molar-refractivity contribution is 0.0936. The van der Waals surface area contributed by atoms with Crippen LogP contribution in [0.4, 0.5) is 0 Å². The third-order valence-corrected chi connectivity index (χ3v) is 4.34. The van der Waals surface area contributed by atoms with Gasteiger partial charge in [-0.15, -0.1) is 0 Å². The monoisotopic (exact) mass is 344 g/mol. The third kappa shape index (κ3) is 4.20. The number of likely N-dealkylation sites (tertiary alicyclic amines) is 1. The van der Waals surface area contributed by atoms with Crippen molar-refractivity contribution in [1.29, 1.82) is 0 Å². The summed E-state index contributed by atoms with van der Waals surface area (Å²) in [6, 6.07) is 5.22. The van der Waals surface area contributed by atoms with Crippen LogP contribution in [0.5, 0.6) is 0 Å². The summed E-state index contributed by atoms with van der Waals surface area (Å²) < 4.78 is 0.735. The molecule has 3 nitrogen and oxygen atoms in total. The van der Waals surface area contributed by atoms with E-state index < -0.39 is 0 Å². The minimum absolute atomic E-state index is 0.0447. The highest BCUT2D eigenvalue weighted by molar-refractivity contribution is 9.10. The number of hydrogen-bond donors (Lipinski definition) is 1. The fraction of sp³-hybridized carbons (Fsp3) is 0.500. The first-order valence-electron chi connectivity index (χ1n) is 6.48. The van der Waals surface area contributed by atoms with Crippen LogP contribution in [-0.2, 0) is 0 Å². The normalized spacial score (nSPS) is 20.3. The highest BCUT2D eigenvalue weighted by Gasteiger charge is 2.18.